The number of piperidine rings is 1. The Morgan fingerprint density at radius 1 is 0.969 bits per heavy atom. The smallest absolute Gasteiger partial charge is 0.191 e. The van der Waals surface area contributed by atoms with Gasteiger partial charge in [-0.15, -0.1) is 0 Å². The number of likely N-dealkylation sites (tertiary alicyclic amines) is 1. The molecule has 170 valence electrons. The maximum Gasteiger partial charge on any atom is 0.191 e. The van der Waals surface area contributed by atoms with Crippen molar-refractivity contribution >= 4 is 11.6 Å². The van der Waals surface area contributed by atoms with Crippen molar-refractivity contribution in [3.05, 3.63) is 77.6 Å². The number of benzene rings is 2. The highest BCUT2D eigenvalue weighted by molar-refractivity contribution is 5.80. The van der Waals surface area contributed by atoms with Crippen LogP contribution in [0, 0.1) is 5.82 Å². The Kier molecular flexibility index (Phi) is 7.77. The van der Waals surface area contributed by atoms with Gasteiger partial charge < -0.3 is 15.5 Å². The number of guanidine groups is 1. The van der Waals surface area contributed by atoms with Gasteiger partial charge in [0, 0.05) is 51.0 Å². The molecule has 0 spiro atoms. The average Bonchev–Trinajstić information content (AvgIpc) is 3.36. The van der Waals surface area contributed by atoms with E-state index in [4.69, 9.17) is 4.99 Å². The molecule has 0 unspecified atom stereocenters. The van der Waals surface area contributed by atoms with Gasteiger partial charge in [-0.05, 0) is 55.2 Å². The molecule has 0 saturated carbocycles. The van der Waals surface area contributed by atoms with E-state index < -0.39 is 0 Å². The lowest BCUT2D eigenvalue weighted by molar-refractivity contribution is 0.198. The summed E-state index contributed by atoms with van der Waals surface area (Å²) in [5.74, 6) is 0.712. The molecule has 2 aliphatic rings. The Labute approximate surface area is 191 Å². The zero-order valence-electron chi connectivity index (χ0n) is 18.9. The van der Waals surface area contributed by atoms with Crippen LogP contribution in [0.4, 0.5) is 10.1 Å². The molecule has 0 aromatic heterocycles. The van der Waals surface area contributed by atoms with E-state index in [1.54, 1.807) is 12.1 Å². The van der Waals surface area contributed by atoms with Crippen molar-refractivity contribution in [3.8, 4) is 0 Å². The van der Waals surface area contributed by atoms with Gasteiger partial charge in [0.15, 0.2) is 5.96 Å². The standard InChI is InChI=1S/C26H34FN5/c1-2-28-26(29-19-21-7-11-25(12-8-21)32-15-3-4-16-32)30-24-13-17-31(18-14-24)20-22-5-9-23(27)10-6-22/h3-12,24H,2,13-20H2,1H3,(H2,28,29,30). The Morgan fingerprint density at radius 3 is 2.28 bits per heavy atom. The molecule has 1 saturated heterocycles. The number of anilines is 1. The minimum Gasteiger partial charge on any atom is -0.364 e. The molecule has 4 rings (SSSR count). The number of hydrogen-bond donors (Lipinski definition) is 2. The second kappa shape index (κ2) is 11.1. The minimum atomic E-state index is -0.174. The van der Waals surface area contributed by atoms with Crippen LogP contribution in [0.3, 0.4) is 0 Å². The molecule has 2 heterocycles. The van der Waals surface area contributed by atoms with Crippen molar-refractivity contribution < 1.29 is 4.39 Å². The van der Waals surface area contributed by atoms with Crippen molar-refractivity contribution in [2.45, 2.75) is 38.9 Å². The summed E-state index contributed by atoms with van der Waals surface area (Å²) in [6.45, 7) is 8.53. The molecule has 1 fully saturated rings. The molecule has 0 amide bonds. The summed E-state index contributed by atoms with van der Waals surface area (Å²) in [5.41, 5.74) is 3.65. The second-order valence-corrected chi connectivity index (χ2v) is 8.56. The van der Waals surface area contributed by atoms with Crippen LogP contribution in [0.5, 0.6) is 0 Å². The van der Waals surface area contributed by atoms with Gasteiger partial charge in [-0.25, -0.2) is 9.38 Å². The van der Waals surface area contributed by atoms with Crippen molar-refractivity contribution in [2.75, 3.05) is 37.6 Å². The normalized spacial score (nSPS) is 17.7. The Hall–Kier alpha value is -2.86. The summed E-state index contributed by atoms with van der Waals surface area (Å²) in [5, 5.41) is 7.01. The summed E-state index contributed by atoms with van der Waals surface area (Å²) in [4.78, 5) is 9.61. The topological polar surface area (TPSA) is 42.9 Å². The second-order valence-electron chi connectivity index (χ2n) is 8.56. The van der Waals surface area contributed by atoms with Crippen molar-refractivity contribution in [1.82, 2.24) is 15.5 Å². The van der Waals surface area contributed by atoms with Crippen molar-refractivity contribution in [1.29, 1.82) is 0 Å². The third-order valence-corrected chi connectivity index (χ3v) is 6.13. The third kappa shape index (κ3) is 6.33. The molecule has 5 nitrogen and oxygen atoms in total. The zero-order valence-corrected chi connectivity index (χ0v) is 18.9. The molecule has 0 atom stereocenters. The monoisotopic (exact) mass is 435 g/mol. The quantitative estimate of drug-likeness (QED) is 0.393. The molecule has 2 aromatic rings. The molecule has 0 radical (unpaired) electrons. The summed E-state index contributed by atoms with van der Waals surface area (Å²) in [7, 11) is 0. The van der Waals surface area contributed by atoms with E-state index in [1.165, 1.54) is 16.8 Å². The molecule has 2 aliphatic heterocycles. The molecule has 32 heavy (non-hydrogen) atoms. The number of nitrogens with zero attached hydrogens (tertiary/aromatic N) is 3. The van der Waals surface area contributed by atoms with Crippen LogP contribution in [-0.4, -0.2) is 49.6 Å². The number of halogens is 1. The first-order chi connectivity index (χ1) is 15.7. The molecular formula is C26H34FN5. The van der Waals surface area contributed by atoms with Gasteiger partial charge in [-0.3, -0.25) is 4.90 Å². The summed E-state index contributed by atoms with van der Waals surface area (Å²) in [6, 6.07) is 16.0. The van der Waals surface area contributed by atoms with Gasteiger partial charge in [-0.2, -0.15) is 0 Å². The molecule has 6 heteroatoms. The molecular weight excluding hydrogens is 401 g/mol. The first kappa shape index (κ1) is 22.3. The maximum atomic E-state index is 13.1. The van der Waals surface area contributed by atoms with Crippen LogP contribution in [0.25, 0.3) is 0 Å². The lowest BCUT2D eigenvalue weighted by Gasteiger charge is -2.33. The lowest BCUT2D eigenvalue weighted by atomic mass is 10.0. The van der Waals surface area contributed by atoms with Gasteiger partial charge in [0.1, 0.15) is 5.82 Å². The van der Waals surface area contributed by atoms with E-state index >= 15 is 0 Å². The van der Waals surface area contributed by atoms with Gasteiger partial charge in [0.2, 0.25) is 0 Å². The number of rotatable bonds is 7. The van der Waals surface area contributed by atoms with Crippen LogP contribution in [-0.2, 0) is 13.1 Å². The average molecular weight is 436 g/mol. The number of hydrogen-bond acceptors (Lipinski definition) is 3. The van der Waals surface area contributed by atoms with E-state index in [9.17, 15) is 4.39 Å². The molecule has 2 N–H and O–H groups in total. The fraction of sp³-hybridized carbons (Fsp3) is 0.423. The maximum absolute atomic E-state index is 13.1. The molecule has 0 aliphatic carbocycles. The summed E-state index contributed by atoms with van der Waals surface area (Å²) >= 11 is 0. The van der Waals surface area contributed by atoms with Crippen LogP contribution < -0.4 is 15.5 Å². The zero-order chi connectivity index (χ0) is 22.2. The third-order valence-electron chi connectivity index (χ3n) is 6.13. The van der Waals surface area contributed by atoms with Crippen LogP contribution in [0.1, 0.15) is 30.9 Å². The van der Waals surface area contributed by atoms with Crippen molar-refractivity contribution in [3.63, 3.8) is 0 Å². The number of aliphatic imine (C=N–C) groups is 1. The van der Waals surface area contributed by atoms with Gasteiger partial charge in [0.05, 0.1) is 6.54 Å². The Bertz CT molecular complexity index is 891. The minimum absolute atomic E-state index is 0.174. The number of nitrogens with one attached hydrogen (secondary N) is 2. The molecule has 2 aromatic carbocycles. The highest BCUT2D eigenvalue weighted by Crippen LogP contribution is 2.18. The van der Waals surface area contributed by atoms with E-state index in [-0.39, 0.29) is 5.82 Å². The highest BCUT2D eigenvalue weighted by Gasteiger charge is 2.20. The van der Waals surface area contributed by atoms with E-state index in [2.05, 4.69) is 63.8 Å². The van der Waals surface area contributed by atoms with Gasteiger partial charge in [-0.1, -0.05) is 36.4 Å². The fourth-order valence-electron chi connectivity index (χ4n) is 4.27. The Morgan fingerprint density at radius 2 is 1.62 bits per heavy atom. The SMILES string of the molecule is CCNC(=NCc1ccc(N2CC=CC2)cc1)NC1CCN(Cc2ccc(F)cc2)CC1. The van der Waals surface area contributed by atoms with E-state index in [0.29, 0.717) is 12.6 Å². The van der Waals surface area contributed by atoms with Crippen LogP contribution in [0.15, 0.2) is 65.7 Å². The van der Waals surface area contributed by atoms with E-state index in [0.717, 1.165) is 58.1 Å². The fourth-order valence-corrected chi connectivity index (χ4v) is 4.27. The van der Waals surface area contributed by atoms with Crippen molar-refractivity contribution in [2.24, 2.45) is 4.99 Å². The lowest BCUT2D eigenvalue weighted by Crippen LogP contribution is -2.48. The van der Waals surface area contributed by atoms with Gasteiger partial charge in [0.25, 0.3) is 0 Å². The van der Waals surface area contributed by atoms with Gasteiger partial charge >= 0.3 is 0 Å². The Balaban J connectivity index is 1.25. The van der Waals surface area contributed by atoms with Crippen LogP contribution in [0.2, 0.25) is 0 Å². The predicted octanol–water partition coefficient (Wildman–Crippen LogP) is 3.92. The predicted molar refractivity (Wildman–Crippen MR) is 130 cm³/mol. The first-order valence-electron chi connectivity index (χ1n) is 11.7. The summed E-state index contributed by atoms with van der Waals surface area (Å²) in [6.07, 6.45) is 6.56. The summed E-state index contributed by atoms with van der Waals surface area (Å²) < 4.78 is 13.1. The first-order valence-corrected chi connectivity index (χ1v) is 11.7. The van der Waals surface area contributed by atoms with Crippen LogP contribution >= 0.6 is 0 Å². The van der Waals surface area contributed by atoms with E-state index in [1.807, 2.05) is 12.1 Å². The highest BCUT2D eigenvalue weighted by atomic mass is 19.1. The molecule has 0 bridgehead atoms. The largest absolute Gasteiger partial charge is 0.364 e.